The van der Waals surface area contributed by atoms with E-state index < -0.39 is 0 Å². The number of hydrogen-bond acceptors (Lipinski definition) is 2. The average molecular weight is 281 g/mol. The Labute approximate surface area is 119 Å². The first kappa shape index (κ1) is 14.4. The predicted octanol–water partition coefficient (Wildman–Crippen LogP) is 3.00. The van der Waals surface area contributed by atoms with Gasteiger partial charge < -0.3 is 10.2 Å². The van der Waals surface area contributed by atoms with Crippen LogP contribution in [0.2, 0.25) is 5.02 Å². The van der Waals surface area contributed by atoms with Gasteiger partial charge in [0, 0.05) is 24.5 Å². The molecule has 3 nitrogen and oxygen atoms in total. The first-order valence-electron chi connectivity index (χ1n) is 6.98. The quantitative estimate of drug-likeness (QED) is 0.841. The molecule has 0 aromatic heterocycles. The smallest absolute Gasteiger partial charge is 0.224 e. The lowest BCUT2D eigenvalue weighted by Crippen LogP contribution is -2.32. The molecule has 0 bridgehead atoms. The number of nitrogens with zero attached hydrogens (tertiary/aromatic N) is 1. The highest BCUT2D eigenvalue weighted by atomic mass is 35.5. The normalized spacial score (nSPS) is 18.8. The molecule has 1 saturated heterocycles. The zero-order chi connectivity index (χ0) is 13.7. The lowest BCUT2D eigenvalue weighted by Gasteiger charge is -2.25. The summed E-state index contributed by atoms with van der Waals surface area (Å²) < 4.78 is 0. The van der Waals surface area contributed by atoms with E-state index in [4.69, 9.17) is 11.6 Å². The Balaban J connectivity index is 2.02. The summed E-state index contributed by atoms with van der Waals surface area (Å²) in [6.07, 6.45) is 2.68. The van der Waals surface area contributed by atoms with Crippen LogP contribution in [0.5, 0.6) is 0 Å². The summed E-state index contributed by atoms with van der Waals surface area (Å²) in [6.45, 7) is 4.58. The van der Waals surface area contributed by atoms with E-state index in [1.165, 1.54) is 0 Å². The SMILES string of the molecule is CCNCCC(=O)N1CCCC1c1cccc(Cl)c1. The molecular weight excluding hydrogens is 260 g/mol. The van der Waals surface area contributed by atoms with Gasteiger partial charge in [0.2, 0.25) is 5.91 Å². The third-order valence-corrected chi connectivity index (χ3v) is 3.81. The van der Waals surface area contributed by atoms with Crippen molar-refractivity contribution in [3.05, 3.63) is 34.9 Å². The van der Waals surface area contributed by atoms with E-state index in [-0.39, 0.29) is 11.9 Å². The number of benzene rings is 1. The largest absolute Gasteiger partial charge is 0.336 e. The van der Waals surface area contributed by atoms with E-state index in [0.29, 0.717) is 6.42 Å². The number of hydrogen-bond donors (Lipinski definition) is 1. The highest BCUT2D eigenvalue weighted by Gasteiger charge is 2.29. The fourth-order valence-electron chi connectivity index (χ4n) is 2.64. The van der Waals surface area contributed by atoms with Crippen molar-refractivity contribution >= 4 is 17.5 Å². The molecule has 1 aromatic carbocycles. The summed E-state index contributed by atoms with van der Waals surface area (Å²) in [4.78, 5) is 14.2. The minimum Gasteiger partial charge on any atom is -0.336 e. The number of carbonyl (C=O) groups is 1. The third-order valence-electron chi connectivity index (χ3n) is 3.57. The van der Waals surface area contributed by atoms with Crippen LogP contribution in [0.15, 0.2) is 24.3 Å². The number of rotatable bonds is 5. The second-order valence-corrected chi connectivity index (χ2v) is 5.34. The topological polar surface area (TPSA) is 32.3 Å². The van der Waals surface area contributed by atoms with Gasteiger partial charge in [-0.2, -0.15) is 0 Å². The van der Waals surface area contributed by atoms with Gasteiger partial charge in [-0.3, -0.25) is 4.79 Å². The number of carbonyl (C=O) groups excluding carboxylic acids is 1. The van der Waals surface area contributed by atoms with Gasteiger partial charge in [-0.1, -0.05) is 30.7 Å². The standard InChI is InChI=1S/C15H21ClN2O/c1-2-17-9-8-15(19)18-10-4-7-14(18)12-5-3-6-13(16)11-12/h3,5-6,11,14,17H,2,4,7-10H2,1H3. The molecule has 1 aliphatic heterocycles. The lowest BCUT2D eigenvalue weighted by molar-refractivity contribution is -0.132. The van der Waals surface area contributed by atoms with Crippen LogP contribution in [0.3, 0.4) is 0 Å². The molecule has 1 unspecified atom stereocenters. The second kappa shape index (κ2) is 6.92. The Morgan fingerprint density at radius 1 is 1.53 bits per heavy atom. The summed E-state index contributed by atoms with van der Waals surface area (Å²) in [5, 5.41) is 3.94. The van der Waals surface area contributed by atoms with Crippen LogP contribution >= 0.6 is 11.6 Å². The maximum atomic E-state index is 12.2. The van der Waals surface area contributed by atoms with Gasteiger partial charge in [-0.15, -0.1) is 0 Å². The van der Waals surface area contributed by atoms with Crippen molar-refractivity contribution < 1.29 is 4.79 Å². The maximum Gasteiger partial charge on any atom is 0.224 e. The molecule has 104 valence electrons. The van der Waals surface area contributed by atoms with Gasteiger partial charge in [0.1, 0.15) is 0 Å². The highest BCUT2D eigenvalue weighted by molar-refractivity contribution is 6.30. The van der Waals surface area contributed by atoms with Crippen molar-refractivity contribution in [2.24, 2.45) is 0 Å². The fraction of sp³-hybridized carbons (Fsp3) is 0.533. The molecule has 1 aromatic rings. The number of halogens is 1. The van der Waals surface area contributed by atoms with Crippen LogP contribution in [0.4, 0.5) is 0 Å². The monoisotopic (exact) mass is 280 g/mol. The van der Waals surface area contributed by atoms with Crippen LogP contribution < -0.4 is 5.32 Å². The molecule has 0 radical (unpaired) electrons. The van der Waals surface area contributed by atoms with Crippen LogP contribution in [-0.4, -0.2) is 30.4 Å². The molecule has 4 heteroatoms. The number of nitrogens with one attached hydrogen (secondary N) is 1. The first-order chi connectivity index (χ1) is 9.22. The zero-order valence-corrected chi connectivity index (χ0v) is 12.1. The molecule has 1 amide bonds. The van der Waals surface area contributed by atoms with Crippen LogP contribution in [-0.2, 0) is 4.79 Å². The number of likely N-dealkylation sites (tertiary alicyclic amines) is 1. The Bertz CT molecular complexity index is 436. The van der Waals surface area contributed by atoms with E-state index in [2.05, 4.69) is 18.3 Å². The molecule has 1 fully saturated rings. The molecule has 0 spiro atoms. The van der Waals surface area contributed by atoms with E-state index in [9.17, 15) is 4.79 Å². The van der Waals surface area contributed by atoms with Gasteiger partial charge in [0.05, 0.1) is 6.04 Å². The summed E-state index contributed by atoms with van der Waals surface area (Å²) >= 11 is 6.04. The van der Waals surface area contributed by atoms with Crippen LogP contribution in [0.25, 0.3) is 0 Å². The van der Waals surface area contributed by atoms with Gasteiger partial charge >= 0.3 is 0 Å². The first-order valence-corrected chi connectivity index (χ1v) is 7.36. The molecule has 0 saturated carbocycles. The predicted molar refractivity (Wildman–Crippen MR) is 78.3 cm³/mol. The van der Waals surface area contributed by atoms with E-state index >= 15 is 0 Å². The maximum absolute atomic E-state index is 12.2. The minimum atomic E-state index is 0.202. The average Bonchev–Trinajstić information content (AvgIpc) is 2.88. The van der Waals surface area contributed by atoms with Gasteiger partial charge in [0.25, 0.3) is 0 Å². The van der Waals surface area contributed by atoms with Gasteiger partial charge in [0.15, 0.2) is 0 Å². The Hall–Kier alpha value is -1.06. The highest BCUT2D eigenvalue weighted by Crippen LogP contribution is 2.33. The molecule has 2 rings (SSSR count). The van der Waals surface area contributed by atoms with Crippen molar-refractivity contribution in [1.29, 1.82) is 0 Å². The van der Waals surface area contributed by atoms with E-state index in [1.54, 1.807) is 0 Å². The third kappa shape index (κ3) is 3.71. The van der Waals surface area contributed by atoms with Crippen molar-refractivity contribution in [3.8, 4) is 0 Å². The molecule has 19 heavy (non-hydrogen) atoms. The molecule has 1 aliphatic rings. The van der Waals surface area contributed by atoms with Crippen LogP contribution in [0.1, 0.15) is 37.8 Å². The molecule has 1 N–H and O–H groups in total. The Morgan fingerprint density at radius 3 is 3.11 bits per heavy atom. The molecule has 0 aliphatic carbocycles. The molecular formula is C15H21ClN2O. The summed E-state index contributed by atoms with van der Waals surface area (Å²) in [5.41, 5.74) is 1.15. The lowest BCUT2D eigenvalue weighted by atomic mass is 10.0. The van der Waals surface area contributed by atoms with Crippen molar-refractivity contribution in [2.75, 3.05) is 19.6 Å². The van der Waals surface area contributed by atoms with Crippen molar-refractivity contribution in [1.82, 2.24) is 10.2 Å². The fourth-order valence-corrected chi connectivity index (χ4v) is 2.84. The Kier molecular flexibility index (Phi) is 5.23. The Morgan fingerprint density at radius 2 is 2.37 bits per heavy atom. The summed E-state index contributed by atoms with van der Waals surface area (Å²) in [6, 6.07) is 8.07. The zero-order valence-electron chi connectivity index (χ0n) is 11.4. The van der Waals surface area contributed by atoms with Gasteiger partial charge in [-0.25, -0.2) is 0 Å². The minimum absolute atomic E-state index is 0.202. The molecule has 1 atom stereocenters. The molecule has 1 heterocycles. The van der Waals surface area contributed by atoms with Gasteiger partial charge in [-0.05, 0) is 37.1 Å². The second-order valence-electron chi connectivity index (χ2n) is 4.90. The summed E-state index contributed by atoms with van der Waals surface area (Å²) in [7, 11) is 0. The van der Waals surface area contributed by atoms with E-state index in [1.807, 2.05) is 23.1 Å². The van der Waals surface area contributed by atoms with Crippen molar-refractivity contribution in [3.63, 3.8) is 0 Å². The van der Waals surface area contributed by atoms with E-state index in [0.717, 1.165) is 43.1 Å². The van der Waals surface area contributed by atoms with Crippen LogP contribution in [0, 0.1) is 0 Å². The number of amides is 1. The van der Waals surface area contributed by atoms with Crippen molar-refractivity contribution in [2.45, 2.75) is 32.2 Å². The summed E-state index contributed by atoms with van der Waals surface area (Å²) in [5.74, 6) is 0.239.